The number of pyridine rings is 1. The lowest BCUT2D eigenvalue weighted by molar-refractivity contribution is -0.113. The van der Waals surface area contributed by atoms with E-state index in [-0.39, 0.29) is 23.3 Å². The Morgan fingerprint density at radius 1 is 1.33 bits per heavy atom. The summed E-state index contributed by atoms with van der Waals surface area (Å²) in [5, 5.41) is 9.47. The van der Waals surface area contributed by atoms with Gasteiger partial charge in [0.15, 0.2) is 0 Å². The van der Waals surface area contributed by atoms with E-state index in [1.165, 1.54) is 41.4 Å². The summed E-state index contributed by atoms with van der Waals surface area (Å²) in [4.78, 5) is 23.6. The number of rotatable bonds is 4. The molecule has 0 spiro atoms. The van der Waals surface area contributed by atoms with Crippen molar-refractivity contribution in [3.05, 3.63) is 89.4 Å². The van der Waals surface area contributed by atoms with E-state index in [0.29, 0.717) is 11.4 Å². The molecule has 2 aliphatic heterocycles. The third-order valence-electron chi connectivity index (χ3n) is 5.58. The molecule has 0 fully saturated rings. The Kier molecular flexibility index (Phi) is 5.99. The first-order valence-corrected chi connectivity index (χ1v) is 10.2. The molecule has 1 aromatic carbocycles. The van der Waals surface area contributed by atoms with Crippen LogP contribution in [0.25, 0.3) is 5.57 Å². The second kappa shape index (κ2) is 8.88. The molecular weight excluding hydrogens is 426 g/mol. The fourth-order valence-corrected chi connectivity index (χ4v) is 3.91. The molecule has 0 saturated heterocycles. The van der Waals surface area contributed by atoms with Crippen LogP contribution in [0.4, 0.5) is 14.5 Å². The molecule has 2 atom stereocenters. The van der Waals surface area contributed by atoms with E-state index in [4.69, 9.17) is 4.74 Å². The van der Waals surface area contributed by atoms with Crippen LogP contribution in [0.1, 0.15) is 25.0 Å². The van der Waals surface area contributed by atoms with Gasteiger partial charge in [-0.1, -0.05) is 18.2 Å². The Balaban J connectivity index is 1.81. The van der Waals surface area contributed by atoms with Crippen molar-refractivity contribution in [2.75, 3.05) is 11.5 Å². The number of carbonyl (C=O) groups is 1. The fraction of sp³-hybridized carbons (Fsp3) is 0.200. The minimum atomic E-state index is -0.980. The lowest BCUT2D eigenvalue weighted by atomic mass is 9.90. The van der Waals surface area contributed by atoms with Gasteiger partial charge in [0, 0.05) is 17.3 Å². The van der Waals surface area contributed by atoms with Crippen molar-refractivity contribution in [2.24, 2.45) is 4.99 Å². The number of benzene rings is 1. The molecule has 4 rings (SSSR count). The second-order valence-electron chi connectivity index (χ2n) is 7.71. The molecule has 0 aliphatic carbocycles. The molecule has 3 heterocycles. The van der Waals surface area contributed by atoms with Gasteiger partial charge in [-0.3, -0.25) is 19.7 Å². The quantitative estimate of drug-likeness (QED) is 0.648. The highest BCUT2D eigenvalue weighted by atomic mass is 19.1. The van der Waals surface area contributed by atoms with Gasteiger partial charge in [-0.2, -0.15) is 5.26 Å². The zero-order chi connectivity index (χ0) is 23.6. The number of nitrogens with zero attached hydrogens (tertiary/aromatic N) is 4. The number of carbonyl (C=O) groups excluding carboxylic acids is 1. The first-order valence-electron chi connectivity index (χ1n) is 10.2. The zero-order valence-electron chi connectivity index (χ0n) is 18.0. The van der Waals surface area contributed by atoms with Crippen LogP contribution in [0, 0.1) is 17.1 Å². The monoisotopic (exact) mass is 446 g/mol. The van der Waals surface area contributed by atoms with Crippen LogP contribution in [-0.4, -0.2) is 35.4 Å². The van der Waals surface area contributed by atoms with Crippen LogP contribution in [0.15, 0.2) is 77.5 Å². The molecule has 8 heteroatoms. The molecule has 1 amide bonds. The van der Waals surface area contributed by atoms with Crippen LogP contribution in [0.5, 0.6) is 0 Å². The molecule has 33 heavy (non-hydrogen) atoms. The molecule has 166 valence electrons. The largest absolute Gasteiger partial charge is 0.362 e. The molecule has 2 unspecified atom stereocenters. The fourth-order valence-electron chi connectivity index (χ4n) is 3.91. The predicted molar refractivity (Wildman–Crippen MR) is 120 cm³/mol. The van der Waals surface area contributed by atoms with E-state index in [1.807, 2.05) is 6.07 Å². The van der Waals surface area contributed by atoms with Gasteiger partial charge in [-0.15, -0.1) is 0 Å². The van der Waals surface area contributed by atoms with Crippen molar-refractivity contribution in [3.63, 3.8) is 0 Å². The maximum Gasteiger partial charge on any atom is 0.263 e. The van der Waals surface area contributed by atoms with E-state index >= 15 is 0 Å². The summed E-state index contributed by atoms with van der Waals surface area (Å²) < 4.78 is 34.0. The number of aromatic nitrogens is 1. The number of hydrogen-bond donors (Lipinski definition) is 0. The van der Waals surface area contributed by atoms with Gasteiger partial charge in [-0.05, 0) is 44.2 Å². The van der Waals surface area contributed by atoms with E-state index in [0.717, 1.165) is 6.21 Å². The summed E-state index contributed by atoms with van der Waals surface area (Å²) in [5.41, 5.74) is 0.0497. The van der Waals surface area contributed by atoms with Crippen molar-refractivity contribution in [2.45, 2.75) is 25.5 Å². The highest BCUT2D eigenvalue weighted by molar-refractivity contribution is 6.27. The summed E-state index contributed by atoms with van der Waals surface area (Å²) in [7, 11) is 0. The van der Waals surface area contributed by atoms with Crippen molar-refractivity contribution in [1.29, 1.82) is 5.26 Å². The van der Waals surface area contributed by atoms with Crippen molar-refractivity contribution < 1.29 is 18.3 Å². The number of halogens is 2. The SMILES string of the molecule is C/C=C(\C(=O)N(C1=CC2N=CC(F)=CC2(C)OC1)c1cccnc1)c1cccc(F)c1C#N. The summed E-state index contributed by atoms with van der Waals surface area (Å²) in [5.74, 6) is -1.69. The van der Waals surface area contributed by atoms with E-state index in [1.54, 1.807) is 38.3 Å². The first kappa shape index (κ1) is 22.2. The number of hydrogen-bond acceptors (Lipinski definition) is 5. The van der Waals surface area contributed by atoms with Crippen LogP contribution >= 0.6 is 0 Å². The molecule has 2 aliphatic rings. The average molecular weight is 446 g/mol. The summed E-state index contributed by atoms with van der Waals surface area (Å²) in [6.45, 7) is 3.36. The van der Waals surface area contributed by atoms with Crippen LogP contribution < -0.4 is 4.90 Å². The van der Waals surface area contributed by atoms with Gasteiger partial charge in [0.05, 0.1) is 36.0 Å². The topological polar surface area (TPSA) is 78.6 Å². The predicted octanol–water partition coefficient (Wildman–Crippen LogP) is 4.51. The summed E-state index contributed by atoms with van der Waals surface area (Å²) >= 11 is 0. The number of fused-ring (bicyclic) bond motifs is 1. The number of amides is 1. The Morgan fingerprint density at radius 2 is 2.15 bits per heavy atom. The molecule has 0 radical (unpaired) electrons. The minimum absolute atomic E-state index is 0.00180. The summed E-state index contributed by atoms with van der Waals surface area (Å²) in [6.07, 6.45) is 8.85. The Labute approximate surface area is 189 Å². The molecule has 0 N–H and O–H groups in total. The molecular formula is C25H20F2N4O2. The third-order valence-corrected chi connectivity index (χ3v) is 5.58. The van der Waals surface area contributed by atoms with Gasteiger partial charge in [-0.25, -0.2) is 8.78 Å². The molecule has 1 aromatic heterocycles. The Bertz CT molecular complexity index is 1260. The Hall–Kier alpha value is -3.96. The highest BCUT2D eigenvalue weighted by Crippen LogP contribution is 2.35. The molecule has 6 nitrogen and oxygen atoms in total. The zero-order valence-corrected chi connectivity index (χ0v) is 18.0. The number of nitriles is 1. The number of ether oxygens (including phenoxy) is 1. The van der Waals surface area contributed by atoms with Gasteiger partial charge in [0.2, 0.25) is 0 Å². The first-order chi connectivity index (χ1) is 15.9. The second-order valence-corrected chi connectivity index (χ2v) is 7.71. The lowest BCUT2D eigenvalue weighted by Crippen LogP contribution is -2.47. The van der Waals surface area contributed by atoms with Crippen LogP contribution in [0.3, 0.4) is 0 Å². The number of aliphatic imine (C=N–C) groups is 1. The number of dihydropyridines is 1. The van der Waals surface area contributed by atoms with Gasteiger partial charge >= 0.3 is 0 Å². The maximum absolute atomic E-state index is 14.3. The number of anilines is 1. The van der Waals surface area contributed by atoms with Gasteiger partial charge in [0.25, 0.3) is 5.91 Å². The van der Waals surface area contributed by atoms with E-state index in [9.17, 15) is 18.8 Å². The van der Waals surface area contributed by atoms with Crippen molar-refractivity contribution >= 4 is 23.4 Å². The smallest absolute Gasteiger partial charge is 0.263 e. The van der Waals surface area contributed by atoms with Crippen molar-refractivity contribution in [3.8, 4) is 6.07 Å². The highest BCUT2D eigenvalue weighted by Gasteiger charge is 2.40. The van der Waals surface area contributed by atoms with Gasteiger partial charge < -0.3 is 4.74 Å². The van der Waals surface area contributed by atoms with Crippen LogP contribution in [-0.2, 0) is 9.53 Å². The normalized spacial score (nSPS) is 22.0. The third kappa shape index (κ3) is 4.11. The lowest BCUT2D eigenvalue weighted by Gasteiger charge is -2.39. The molecule has 0 bridgehead atoms. The van der Waals surface area contributed by atoms with E-state index in [2.05, 4.69) is 9.98 Å². The van der Waals surface area contributed by atoms with Crippen molar-refractivity contribution in [1.82, 2.24) is 4.98 Å². The standard InChI is InChI=1S/C25H20F2N4O2/c1-3-19(20-7-4-8-22(27)21(20)12-28)24(32)31(17-6-5-9-29-14-17)18-10-23-25(2,33-15-18)11-16(26)13-30-23/h3-11,13-14,23H,15H2,1-2H3/b19-3-. The molecule has 0 saturated carbocycles. The average Bonchev–Trinajstić information content (AvgIpc) is 2.80. The van der Waals surface area contributed by atoms with Gasteiger partial charge in [0.1, 0.15) is 29.4 Å². The Morgan fingerprint density at radius 3 is 2.85 bits per heavy atom. The minimum Gasteiger partial charge on any atom is -0.362 e. The number of allylic oxidation sites excluding steroid dienone is 2. The van der Waals surface area contributed by atoms with E-state index < -0.39 is 29.2 Å². The summed E-state index contributed by atoms with van der Waals surface area (Å²) in [6, 6.07) is 8.81. The van der Waals surface area contributed by atoms with Crippen LogP contribution in [0.2, 0.25) is 0 Å². The molecule has 2 aromatic rings. The maximum atomic E-state index is 14.3.